The maximum absolute atomic E-state index is 13.4. The highest BCUT2D eigenvalue weighted by molar-refractivity contribution is 6.34. The molecule has 38 heavy (non-hydrogen) atoms. The molecule has 1 fully saturated rings. The van der Waals surface area contributed by atoms with Crippen LogP contribution in [-0.2, 0) is 5.54 Å². The highest BCUT2D eigenvalue weighted by Crippen LogP contribution is 2.32. The van der Waals surface area contributed by atoms with Crippen molar-refractivity contribution in [1.29, 1.82) is 0 Å². The second kappa shape index (κ2) is 10.6. The zero-order valence-corrected chi connectivity index (χ0v) is 21.3. The van der Waals surface area contributed by atoms with E-state index in [1.54, 1.807) is 6.07 Å². The fourth-order valence-electron chi connectivity index (χ4n) is 4.58. The number of methoxy groups -OCH3 is 1. The minimum absolute atomic E-state index is 0.0887. The fraction of sp³-hybridized carbons (Fsp3) is 0.222. The zero-order valence-electron chi connectivity index (χ0n) is 20.5. The monoisotopic (exact) mass is 532 g/mol. The molecule has 5 rings (SSSR count). The lowest BCUT2D eigenvalue weighted by Gasteiger charge is -2.39. The highest BCUT2D eigenvalue weighted by atomic mass is 35.5. The third-order valence-corrected chi connectivity index (χ3v) is 6.94. The average Bonchev–Trinajstić information content (AvgIpc) is 2.94. The van der Waals surface area contributed by atoms with Crippen LogP contribution in [0.5, 0.6) is 6.01 Å². The van der Waals surface area contributed by atoms with E-state index in [0.29, 0.717) is 10.9 Å². The van der Waals surface area contributed by atoms with Crippen LogP contribution in [-0.4, -0.2) is 47.0 Å². The summed E-state index contributed by atoms with van der Waals surface area (Å²) in [5.74, 6) is -0.986. The standard InChI is InChI=1S/C27H25ClN6O4/c1-38-26-30-15-17-13-19(25(37)32-22(17)33-26)24(36)31-21-14-16(7-8-20(21)28)23(35)34-27(9-11-29-12-10-27)18-5-3-2-4-6-18/h2-8,13-15,29H,9-12H2,1H3,(H,31,36)(H,34,35)(H,30,32,33,37). The maximum atomic E-state index is 13.4. The predicted octanol–water partition coefficient (Wildman–Crippen LogP) is 3.24. The molecule has 2 aromatic carbocycles. The maximum Gasteiger partial charge on any atom is 0.318 e. The largest absolute Gasteiger partial charge is 0.467 e. The number of hydrogen-bond donors (Lipinski definition) is 4. The number of carbonyl (C=O) groups excluding carboxylic acids is 2. The van der Waals surface area contributed by atoms with Gasteiger partial charge in [0.05, 0.1) is 23.4 Å². The van der Waals surface area contributed by atoms with E-state index in [2.05, 4.69) is 30.9 Å². The van der Waals surface area contributed by atoms with Gasteiger partial charge in [0.25, 0.3) is 17.4 Å². The first-order chi connectivity index (χ1) is 18.4. The Morgan fingerprint density at radius 2 is 1.82 bits per heavy atom. The number of pyridine rings is 1. The van der Waals surface area contributed by atoms with Gasteiger partial charge in [0.1, 0.15) is 11.2 Å². The van der Waals surface area contributed by atoms with Crippen LogP contribution in [0.4, 0.5) is 5.69 Å². The summed E-state index contributed by atoms with van der Waals surface area (Å²) in [4.78, 5) is 49.7. The quantitative estimate of drug-likeness (QED) is 0.299. The summed E-state index contributed by atoms with van der Waals surface area (Å²) in [6, 6.07) is 16.0. The van der Waals surface area contributed by atoms with Crippen molar-refractivity contribution in [1.82, 2.24) is 25.6 Å². The first-order valence-corrected chi connectivity index (χ1v) is 12.4. The molecule has 11 heteroatoms. The van der Waals surface area contributed by atoms with E-state index in [-0.39, 0.29) is 33.8 Å². The molecule has 0 spiro atoms. The van der Waals surface area contributed by atoms with Gasteiger partial charge in [-0.1, -0.05) is 41.9 Å². The SMILES string of the molecule is COc1ncc2cc(C(=O)Nc3cc(C(=O)NC4(c5ccccc5)CCNCC4)ccc3Cl)c(=O)[nH]c2n1. The molecule has 1 aliphatic rings. The summed E-state index contributed by atoms with van der Waals surface area (Å²) < 4.78 is 4.97. The van der Waals surface area contributed by atoms with Gasteiger partial charge in [-0.2, -0.15) is 4.98 Å². The van der Waals surface area contributed by atoms with Crippen molar-refractivity contribution in [3.63, 3.8) is 0 Å². The van der Waals surface area contributed by atoms with Gasteiger partial charge in [0.2, 0.25) is 0 Å². The van der Waals surface area contributed by atoms with Crippen LogP contribution >= 0.6 is 11.6 Å². The molecule has 4 N–H and O–H groups in total. The second-order valence-corrected chi connectivity index (χ2v) is 9.38. The summed E-state index contributed by atoms with van der Waals surface area (Å²) in [5.41, 5.74) is 0.483. The highest BCUT2D eigenvalue weighted by Gasteiger charge is 2.35. The molecule has 0 bridgehead atoms. The zero-order chi connectivity index (χ0) is 26.7. The first-order valence-electron chi connectivity index (χ1n) is 12.0. The van der Waals surface area contributed by atoms with Crippen LogP contribution in [0.3, 0.4) is 0 Å². The van der Waals surface area contributed by atoms with Crippen LogP contribution < -0.4 is 26.2 Å². The molecular weight excluding hydrogens is 508 g/mol. The molecule has 0 saturated carbocycles. The Hall–Kier alpha value is -4.28. The summed E-state index contributed by atoms with van der Waals surface area (Å²) in [7, 11) is 1.41. The van der Waals surface area contributed by atoms with E-state index in [1.807, 2.05) is 30.3 Å². The molecule has 2 aromatic heterocycles. The van der Waals surface area contributed by atoms with Crippen molar-refractivity contribution in [2.24, 2.45) is 0 Å². The Kier molecular flexibility index (Phi) is 7.08. The number of nitrogens with zero attached hydrogens (tertiary/aromatic N) is 2. The lowest BCUT2D eigenvalue weighted by Crippen LogP contribution is -2.52. The van der Waals surface area contributed by atoms with Crippen LogP contribution in [0, 0.1) is 0 Å². The number of aromatic nitrogens is 3. The van der Waals surface area contributed by atoms with Crippen LogP contribution in [0.2, 0.25) is 5.02 Å². The molecule has 0 aliphatic carbocycles. The minimum Gasteiger partial charge on any atom is -0.467 e. The normalized spacial score (nSPS) is 14.6. The van der Waals surface area contributed by atoms with Crippen LogP contribution in [0.15, 0.2) is 65.6 Å². The number of piperidine rings is 1. The Labute approximate surface area is 222 Å². The lowest BCUT2D eigenvalue weighted by atomic mass is 9.81. The fourth-order valence-corrected chi connectivity index (χ4v) is 4.75. The van der Waals surface area contributed by atoms with Crippen molar-refractivity contribution in [3.8, 4) is 6.01 Å². The molecule has 10 nitrogen and oxygen atoms in total. The van der Waals surface area contributed by atoms with Gasteiger partial charge >= 0.3 is 6.01 Å². The minimum atomic E-state index is -0.692. The van der Waals surface area contributed by atoms with Gasteiger partial charge in [0.15, 0.2) is 0 Å². The van der Waals surface area contributed by atoms with Crippen molar-refractivity contribution in [2.75, 3.05) is 25.5 Å². The molecule has 2 amide bonds. The summed E-state index contributed by atoms with van der Waals surface area (Å²) in [6.45, 7) is 1.55. The van der Waals surface area contributed by atoms with E-state index >= 15 is 0 Å². The Morgan fingerprint density at radius 1 is 1.05 bits per heavy atom. The Balaban J connectivity index is 1.39. The lowest BCUT2D eigenvalue weighted by molar-refractivity contribution is 0.0871. The van der Waals surface area contributed by atoms with E-state index in [9.17, 15) is 14.4 Å². The number of H-pyrrole nitrogens is 1. The van der Waals surface area contributed by atoms with Crippen molar-refractivity contribution in [2.45, 2.75) is 18.4 Å². The second-order valence-electron chi connectivity index (χ2n) is 8.97. The first kappa shape index (κ1) is 25.4. The number of anilines is 1. The number of aromatic amines is 1. The smallest absolute Gasteiger partial charge is 0.318 e. The number of halogens is 1. The third-order valence-electron chi connectivity index (χ3n) is 6.61. The van der Waals surface area contributed by atoms with E-state index in [0.717, 1.165) is 31.5 Å². The summed E-state index contributed by atoms with van der Waals surface area (Å²) >= 11 is 6.34. The molecule has 4 aromatic rings. The number of ether oxygens (including phenoxy) is 1. The van der Waals surface area contributed by atoms with Crippen molar-refractivity contribution >= 4 is 40.1 Å². The molecule has 0 radical (unpaired) electrons. The number of hydrogen-bond acceptors (Lipinski definition) is 7. The third kappa shape index (κ3) is 5.09. The number of nitrogens with one attached hydrogen (secondary N) is 4. The number of fused-ring (bicyclic) bond motifs is 1. The van der Waals surface area contributed by atoms with E-state index < -0.39 is 17.0 Å². The molecule has 194 valence electrons. The molecule has 0 atom stereocenters. The van der Waals surface area contributed by atoms with Crippen molar-refractivity contribution < 1.29 is 14.3 Å². The Morgan fingerprint density at radius 3 is 2.55 bits per heavy atom. The van der Waals surface area contributed by atoms with Gasteiger partial charge in [-0.15, -0.1) is 0 Å². The van der Waals surface area contributed by atoms with Crippen molar-refractivity contribution in [3.05, 3.63) is 92.9 Å². The molecule has 1 aliphatic heterocycles. The average molecular weight is 533 g/mol. The van der Waals surface area contributed by atoms with Crippen LogP contribution in [0.25, 0.3) is 11.0 Å². The van der Waals surface area contributed by atoms with Gasteiger partial charge in [-0.25, -0.2) is 4.98 Å². The number of carbonyl (C=O) groups is 2. The van der Waals surface area contributed by atoms with Gasteiger partial charge in [-0.3, -0.25) is 14.4 Å². The number of rotatable bonds is 6. The number of benzene rings is 2. The molecule has 0 unspecified atom stereocenters. The summed E-state index contributed by atoms with van der Waals surface area (Å²) in [6.07, 6.45) is 2.91. The van der Waals surface area contributed by atoms with E-state index in [4.69, 9.17) is 16.3 Å². The van der Waals surface area contributed by atoms with E-state index in [1.165, 1.54) is 31.5 Å². The summed E-state index contributed by atoms with van der Waals surface area (Å²) in [5, 5.41) is 9.88. The Bertz CT molecular complexity index is 1570. The predicted molar refractivity (Wildman–Crippen MR) is 144 cm³/mol. The molecule has 3 heterocycles. The molecular formula is C27H25ClN6O4. The van der Waals surface area contributed by atoms with Gasteiger partial charge < -0.3 is 25.7 Å². The topological polar surface area (TPSA) is 138 Å². The molecule has 1 saturated heterocycles. The van der Waals surface area contributed by atoms with Gasteiger partial charge in [-0.05, 0) is 55.8 Å². The van der Waals surface area contributed by atoms with Gasteiger partial charge in [0, 0.05) is 17.1 Å². The number of amides is 2. The van der Waals surface area contributed by atoms with Crippen LogP contribution in [0.1, 0.15) is 39.1 Å².